The van der Waals surface area contributed by atoms with Gasteiger partial charge in [-0.2, -0.15) is 0 Å². The normalized spacial score (nSPS) is 14.4. The average molecular weight is 290 g/mol. The molecule has 1 fully saturated rings. The van der Waals surface area contributed by atoms with Crippen LogP contribution in [0.3, 0.4) is 0 Å². The van der Waals surface area contributed by atoms with Crippen LogP contribution in [0.15, 0.2) is 24.3 Å². The molecule has 114 valence electrons. The van der Waals surface area contributed by atoms with Crippen LogP contribution in [0.1, 0.15) is 49.5 Å². The number of carbonyl (C=O) groups excluding carboxylic acids is 2. The summed E-state index contributed by atoms with van der Waals surface area (Å²) in [7, 11) is 0. The molecule has 1 aromatic carbocycles. The Morgan fingerprint density at radius 1 is 1.29 bits per heavy atom. The van der Waals surface area contributed by atoms with Crippen LogP contribution in [-0.4, -0.2) is 23.6 Å². The molecule has 21 heavy (non-hydrogen) atoms. The molecule has 2 rings (SSSR count). The predicted molar refractivity (Wildman–Crippen MR) is 80.0 cm³/mol. The van der Waals surface area contributed by atoms with Crippen LogP contribution in [0.5, 0.6) is 0 Å². The van der Waals surface area contributed by atoms with Crippen molar-refractivity contribution >= 4 is 12.0 Å². The van der Waals surface area contributed by atoms with Gasteiger partial charge in [0.05, 0.1) is 0 Å². The first-order valence-electron chi connectivity index (χ1n) is 7.20. The van der Waals surface area contributed by atoms with Crippen molar-refractivity contribution in [3.63, 3.8) is 0 Å². The van der Waals surface area contributed by atoms with Gasteiger partial charge in [-0.05, 0) is 51.3 Å². The Bertz CT molecular complexity index is 531. The molecule has 1 aromatic rings. The third-order valence-corrected chi connectivity index (χ3v) is 2.94. The summed E-state index contributed by atoms with van der Waals surface area (Å²) >= 11 is 0. The van der Waals surface area contributed by atoms with E-state index < -0.39 is 11.7 Å². The highest BCUT2D eigenvalue weighted by molar-refractivity contribution is 5.94. The number of alkyl carbamates (subject to hydrolysis) is 1. The summed E-state index contributed by atoms with van der Waals surface area (Å²) in [6.07, 6.45) is 1.66. The van der Waals surface area contributed by atoms with Crippen molar-refractivity contribution in [2.45, 2.75) is 51.8 Å². The van der Waals surface area contributed by atoms with Gasteiger partial charge in [-0.25, -0.2) is 4.79 Å². The van der Waals surface area contributed by atoms with Gasteiger partial charge < -0.3 is 15.4 Å². The van der Waals surface area contributed by atoms with Crippen LogP contribution in [0.2, 0.25) is 0 Å². The van der Waals surface area contributed by atoms with Crippen LogP contribution in [-0.2, 0) is 11.3 Å². The minimum absolute atomic E-state index is 0.0587. The summed E-state index contributed by atoms with van der Waals surface area (Å²) in [5.41, 5.74) is 0.963. The molecule has 0 saturated heterocycles. The molecular formula is C16H22N2O3. The van der Waals surface area contributed by atoms with E-state index in [0.717, 1.165) is 18.4 Å². The van der Waals surface area contributed by atoms with Crippen LogP contribution in [0.4, 0.5) is 4.79 Å². The molecule has 0 unspecified atom stereocenters. The van der Waals surface area contributed by atoms with E-state index in [1.54, 1.807) is 12.1 Å². The quantitative estimate of drug-likeness (QED) is 0.895. The molecule has 0 heterocycles. The lowest BCUT2D eigenvalue weighted by Gasteiger charge is -2.19. The number of benzene rings is 1. The Morgan fingerprint density at radius 3 is 2.62 bits per heavy atom. The third-order valence-electron chi connectivity index (χ3n) is 2.94. The molecule has 0 atom stereocenters. The Hall–Kier alpha value is -2.04. The minimum atomic E-state index is -0.518. The number of rotatable bonds is 4. The minimum Gasteiger partial charge on any atom is -0.444 e. The van der Waals surface area contributed by atoms with Gasteiger partial charge in [-0.1, -0.05) is 12.1 Å². The molecule has 1 aliphatic rings. The SMILES string of the molecule is CC(C)(C)OC(=O)NCc1cccc(C(=O)NC2CC2)c1. The van der Waals surface area contributed by atoms with Crippen molar-refractivity contribution in [3.8, 4) is 0 Å². The zero-order valence-corrected chi connectivity index (χ0v) is 12.7. The first kappa shape index (κ1) is 15.4. The number of hydrogen-bond acceptors (Lipinski definition) is 3. The maximum atomic E-state index is 11.9. The lowest BCUT2D eigenvalue weighted by atomic mass is 10.1. The van der Waals surface area contributed by atoms with Crippen LogP contribution in [0.25, 0.3) is 0 Å². The second kappa shape index (κ2) is 6.16. The zero-order valence-electron chi connectivity index (χ0n) is 12.7. The van der Waals surface area contributed by atoms with Gasteiger partial charge in [-0.15, -0.1) is 0 Å². The third kappa shape index (κ3) is 5.45. The van der Waals surface area contributed by atoms with E-state index in [0.29, 0.717) is 18.2 Å². The van der Waals surface area contributed by atoms with E-state index in [2.05, 4.69) is 10.6 Å². The van der Waals surface area contributed by atoms with Crippen molar-refractivity contribution in [2.75, 3.05) is 0 Å². The highest BCUT2D eigenvalue weighted by atomic mass is 16.6. The number of ether oxygens (including phenoxy) is 1. The molecule has 1 aliphatic carbocycles. The van der Waals surface area contributed by atoms with Gasteiger partial charge in [0.15, 0.2) is 0 Å². The largest absolute Gasteiger partial charge is 0.444 e. The van der Waals surface area contributed by atoms with Crippen molar-refractivity contribution in [3.05, 3.63) is 35.4 Å². The van der Waals surface area contributed by atoms with Crippen LogP contribution >= 0.6 is 0 Å². The fourth-order valence-electron chi connectivity index (χ4n) is 1.81. The Balaban J connectivity index is 1.88. The lowest BCUT2D eigenvalue weighted by Crippen LogP contribution is -2.32. The summed E-state index contributed by atoms with van der Waals surface area (Å²) in [4.78, 5) is 23.5. The van der Waals surface area contributed by atoms with E-state index in [4.69, 9.17) is 4.74 Å². The molecule has 0 radical (unpaired) electrons. The summed E-state index contributed by atoms with van der Waals surface area (Å²) in [5, 5.41) is 5.62. The van der Waals surface area contributed by atoms with Crippen molar-refractivity contribution in [1.29, 1.82) is 0 Å². The smallest absolute Gasteiger partial charge is 0.407 e. The molecule has 0 aromatic heterocycles. The van der Waals surface area contributed by atoms with Gasteiger partial charge in [0.25, 0.3) is 5.91 Å². The molecule has 2 N–H and O–H groups in total. The molecule has 5 heteroatoms. The molecule has 5 nitrogen and oxygen atoms in total. The Morgan fingerprint density at radius 2 is 2.00 bits per heavy atom. The monoisotopic (exact) mass is 290 g/mol. The molecule has 0 spiro atoms. The molecule has 1 saturated carbocycles. The van der Waals surface area contributed by atoms with E-state index in [1.807, 2.05) is 32.9 Å². The second-order valence-electron chi connectivity index (χ2n) is 6.30. The first-order valence-corrected chi connectivity index (χ1v) is 7.20. The number of nitrogens with one attached hydrogen (secondary N) is 2. The van der Waals surface area contributed by atoms with Crippen LogP contribution in [0, 0.1) is 0 Å². The van der Waals surface area contributed by atoms with Gasteiger partial charge >= 0.3 is 6.09 Å². The fourth-order valence-corrected chi connectivity index (χ4v) is 1.81. The fraction of sp³-hybridized carbons (Fsp3) is 0.500. The maximum Gasteiger partial charge on any atom is 0.407 e. The molecular weight excluding hydrogens is 268 g/mol. The number of carbonyl (C=O) groups is 2. The summed E-state index contributed by atoms with van der Waals surface area (Å²) in [6, 6.07) is 7.57. The second-order valence-corrected chi connectivity index (χ2v) is 6.30. The molecule has 0 aliphatic heterocycles. The average Bonchev–Trinajstić information content (AvgIpc) is 3.18. The Labute approximate surface area is 125 Å². The van der Waals surface area contributed by atoms with Gasteiger partial charge in [0, 0.05) is 18.2 Å². The summed E-state index contributed by atoms with van der Waals surface area (Å²) in [6.45, 7) is 5.78. The first-order chi connectivity index (χ1) is 9.83. The van der Waals surface area contributed by atoms with Crippen LogP contribution < -0.4 is 10.6 Å². The summed E-state index contributed by atoms with van der Waals surface area (Å²) in [5.74, 6) is -0.0587. The van der Waals surface area contributed by atoms with E-state index in [-0.39, 0.29) is 5.91 Å². The Kier molecular flexibility index (Phi) is 4.50. The van der Waals surface area contributed by atoms with Gasteiger partial charge in [-0.3, -0.25) is 4.79 Å². The predicted octanol–water partition coefficient (Wildman–Crippen LogP) is 2.60. The van der Waals surface area contributed by atoms with Crippen molar-refractivity contribution in [1.82, 2.24) is 10.6 Å². The highest BCUT2D eigenvalue weighted by Crippen LogP contribution is 2.19. The molecule has 0 bridgehead atoms. The number of amides is 2. The van der Waals surface area contributed by atoms with Crippen molar-refractivity contribution in [2.24, 2.45) is 0 Å². The number of hydrogen-bond donors (Lipinski definition) is 2. The van der Waals surface area contributed by atoms with Gasteiger partial charge in [0.1, 0.15) is 5.60 Å². The van der Waals surface area contributed by atoms with E-state index >= 15 is 0 Å². The van der Waals surface area contributed by atoms with E-state index in [1.165, 1.54) is 0 Å². The van der Waals surface area contributed by atoms with Gasteiger partial charge in [0.2, 0.25) is 0 Å². The summed E-state index contributed by atoms with van der Waals surface area (Å²) < 4.78 is 5.17. The topological polar surface area (TPSA) is 67.4 Å². The zero-order chi connectivity index (χ0) is 15.5. The lowest BCUT2D eigenvalue weighted by molar-refractivity contribution is 0.0523. The standard InChI is InChI=1S/C16H22N2O3/c1-16(2,3)21-15(20)17-10-11-5-4-6-12(9-11)14(19)18-13-7-8-13/h4-6,9,13H,7-8,10H2,1-3H3,(H,17,20)(H,18,19). The maximum absolute atomic E-state index is 11.9. The highest BCUT2D eigenvalue weighted by Gasteiger charge is 2.23. The van der Waals surface area contributed by atoms with E-state index in [9.17, 15) is 9.59 Å². The molecule has 2 amide bonds. The van der Waals surface area contributed by atoms with Crippen molar-refractivity contribution < 1.29 is 14.3 Å².